The van der Waals surface area contributed by atoms with E-state index in [9.17, 15) is 0 Å². The van der Waals surface area contributed by atoms with Crippen molar-refractivity contribution in [1.29, 1.82) is 0 Å². The van der Waals surface area contributed by atoms with Gasteiger partial charge >= 0.3 is 0 Å². The normalized spacial score (nSPS) is 11.6. The summed E-state index contributed by atoms with van der Waals surface area (Å²) in [6, 6.07) is 0. The Bertz CT molecular complexity index is 119. The topological polar surface area (TPSA) is 27.7 Å². The minimum absolute atomic E-state index is 0.324. The zero-order valence-corrected chi connectivity index (χ0v) is 11.3. The largest absolute Gasteiger partial charge is 0.381 e. The molecular weight excluding hydrogens is 204 g/mol. The molecule has 0 aromatic carbocycles. The Morgan fingerprint density at radius 1 is 0.750 bits per heavy atom. The first kappa shape index (κ1) is 15.9. The van der Waals surface area contributed by atoms with Crippen LogP contribution < -0.4 is 0 Å². The summed E-state index contributed by atoms with van der Waals surface area (Å²) in [5, 5.41) is 0. The summed E-state index contributed by atoms with van der Waals surface area (Å²) in [5.74, 6) is 0.620. The number of hydrogen-bond acceptors (Lipinski definition) is 3. The Balaban J connectivity index is 2.93. The third-order valence-corrected chi connectivity index (χ3v) is 1.91. The van der Waals surface area contributed by atoms with Crippen LogP contribution in [-0.4, -0.2) is 39.1 Å². The SMILES string of the molecule is CC(C)COCCCOCCCOC(C)C. The summed E-state index contributed by atoms with van der Waals surface area (Å²) in [6.45, 7) is 12.4. The Hall–Kier alpha value is -0.120. The third kappa shape index (κ3) is 13.9. The maximum absolute atomic E-state index is 5.46. The molecule has 0 heterocycles. The van der Waals surface area contributed by atoms with Crippen LogP contribution >= 0.6 is 0 Å². The van der Waals surface area contributed by atoms with Crippen LogP contribution in [0.4, 0.5) is 0 Å². The predicted octanol–water partition coefficient (Wildman–Crippen LogP) is 2.88. The van der Waals surface area contributed by atoms with Crippen LogP contribution in [0.5, 0.6) is 0 Å². The third-order valence-electron chi connectivity index (χ3n) is 1.91. The molecule has 0 aliphatic heterocycles. The molecule has 16 heavy (non-hydrogen) atoms. The van der Waals surface area contributed by atoms with Crippen LogP contribution in [0.25, 0.3) is 0 Å². The number of ether oxygens (including phenoxy) is 3. The summed E-state index contributed by atoms with van der Waals surface area (Å²) in [5.41, 5.74) is 0. The van der Waals surface area contributed by atoms with Crippen molar-refractivity contribution in [2.45, 2.75) is 46.6 Å². The molecule has 3 heteroatoms. The fourth-order valence-electron chi connectivity index (χ4n) is 1.16. The molecule has 3 nitrogen and oxygen atoms in total. The van der Waals surface area contributed by atoms with Gasteiger partial charge in [-0.05, 0) is 32.6 Å². The Morgan fingerprint density at radius 2 is 1.31 bits per heavy atom. The van der Waals surface area contributed by atoms with Crippen molar-refractivity contribution in [2.75, 3.05) is 33.0 Å². The van der Waals surface area contributed by atoms with E-state index in [1.807, 2.05) is 13.8 Å². The van der Waals surface area contributed by atoms with Crippen LogP contribution in [-0.2, 0) is 14.2 Å². The Kier molecular flexibility index (Phi) is 11.3. The summed E-state index contributed by atoms with van der Waals surface area (Å²) >= 11 is 0. The van der Waals surface area contributed by atoms with E-state index in [0.29, 0.717) is 12.0 Å². The second-order valence-electron chi connectivity index (χ2n) is 4.71. The van der Waals surface area contributed by atoms with Gasteiger partial charge in [0.2, 0.25) is 0 Å². The highest BCUT2D eigenvalue weighted by Gasteiger charge is 1.95. The lowest BCUT2D eigenvalue weighted by molar-refractivity contribution is 0.0416. The monoisotopic (exact) mass is 232 g/mol. The highest BCUT2D eigenvalue weighted by molar-refractivity contribution is 4.42. The molecule has 0 N–H and O–H groups in total. The zero-order chi connectivity index (χ0) is 12.2. The molecule has 0 atom stereocenters. The lowest BCUT2D eigenvalue weighted by Crippen LogP contribution is -2.08. The van der Waals surface area contributed by atoms with Crippen molar-refractivity contribution in [1.82, 2.24) is 0 Å². The van der Waals surface area contributed by atoms with E-state index in [4.69, 9.17) is 14.2 Å². The molecule has 0 radical (unpaired) electrons. The molecule has 0 saturated carbocycles. The van der Waals surface area contributed by atoms with Crippen molar-refractivity contribution < 1.29 is 14.2 Å². The van der Waals surface area contributed by atoms with Crippen molar-refractivity contribution in [2.24, 2.45) is 5.92 Å². The lowest BCUT2D eigenvalue weighted by atomic mass is 10.2. The Labute approximate surface area is 100 Å². The van der Waals surface area contributed by atoms with Gasteiger partial charge in [-0.3, -0.25) is 0 Å². The van der Waals surface area contributed by atoms with E-state index in [1.165, 1.54) is 0 Å². The maximum Gasteiger partial charge on any atom is 0.0518 e. The minimum atomic E-state index is 0.324. The average Bonchev–Trinajstić information content (AvgIpc) is 2.20. The van der Waals surface area contributed by atoms with Crippen molar-refractivity contribution in [3.05, 3.63) is 0 Å². The van der Waals surface area contributed by atoms with Gasteiger partial charge in [0.1, 0.15) is 0 Å². The first-order valence-electron chi connectivity index (χ1n) is 6.40. The molecule has 0 aromatic heterocycles. The maximum atomic E-state index is 5.46. The molecule has 0 spiro atoms. The smallest absolute Gasteiger partial charge is 0.0518 e. The molecular formula is C13H28O3. The highest BCUT2D eigenvalue weighted by Crippen LogP contribution is 1.95. The predicted molar refractivity (Wildman–Crippen MR) is 66.8 cm³/mol. The van der Waals surface area contributed by atoms with Gasteiger partial charge in [-0.1, -0.05) is 13.8 Å². The van der Waals surface area contributed by atoms with Crippen molar-refractivity contribution >= 4 is 0 Å². The first-order valence-corrected chi connectivity index (χ1v) is 6.40. The second kappa shape index (κ2) is 11.4. The van der Waals surface area contributed by atoms with Crippen molar-refractivity contribution in [3.63, 3.8) is 0 Å². The van der Waals surface area contributed by atoms with Gasteiger partial charge in [0, 0.05) is 33.0 Å². The molecule has 0 aromatic rings. The van der Waals surface area contributed by atoms with Gasteiger partial charge in [-0.15, -0.1) is 0 Å². The van der Waals surface area contributed by atoms with Crippen LogP contribution in [0, 0.1) is 5.92 Å². The molecule has 0 fully saturated rings. The Morgan fingerprint density at radius 3 is 1.88 bits per heavy atom. The molecule has 0 rings (SSSR count). The van der Waals surface area contributed by atoms with E-state index >= 15 is 0 Å². The fraction of sp³-hybridized carbons (Fsp3) is 1.00. The van der Waals surface area contributed by atoms with Crippen molar-refractivity contribution in [3.8, 4) is 0 Å². The second-order valence-corrected chi connectivity index (χ2v) is 4.71. The van der Waals surface area contributed by atoms with Gasteiger partial charge in [0.15, 0.2) is 0 Å². The molecule has 0 aliphatic rings. The van der Waals surface area contributed by atoms with E-state index in [-0.39, 0.29) is 0 Å². The molecule has 0 bridgehead atoms. The molecule has 0 amide bonds. The van der Waals surface area contributed by atoms with Gasteiger partial charge < -0.3 is 14.2 Å². The minimum Gasteiger partial charge on any atom is -0.381 e. The lowest BCUT2D eigenvalue weighted by Gasteiger charge is -2.08. The van der Waals surface area contributed by atoms with E-state index in [1.54, 1.807) is 0 Å². The molecule has 98 valence electrons. The summed E-state index contributed by atoms with van der Waals surface area (Å²) in [4.78, 5) is 0. The van der Waals surface area contributed by atoms with Gasteiger partial charge in [-0.25, -0.2) is 0 Å². The van der Waals surface area contributed by atoms with Gasteiger partial charge in [-0.2, -0.15) is 0 Å². The summed E-state index contributed by atoms with van der Waals surface area (Å²) in [7, 11) is 0. The molecule has 0 aliphatic carbocycles. The fourth-order valence-corrected chi connectivity index (χ4v) is 1.16. The quantitative estimate of drug-likeness (QED) is 0.513. The molecule has 0 saturated heterocycles. The first-order chi connectivity index (χ1) is 7.63. The summed E-state index contributed by atoms with van der Waals surface area (Å²) < 4.78 is 16.3. The summed E-state index contributed by atoms with van der Waals surface area (Å²) in [6.07, 6.45) is 2.28. The average molecular weight is 232 g/mol. The molecule has 0 unspecified atom stereocenters. The van der Waals surface area contributed by atoms with Crippen LogP contribution in [0.3, 0.4) is 0 Å². The van der Waals surface area contributed by atoms with Gasteiger partial charge in [0.05, 0.1) is 6.10 Å². The van der Waals surface area contributed by atoms with E-state index in [0.717, 1.165) is 45.9 Å². The van der Waals surface area contributed by atoms with E-state index in [2.05, 4.69) is 13.8 Å². The van der Waals surface area contributed by atoms with Gasteiger partial charge in [0.25, 0.3) is 0 Å². The number of rotatable bonds is 11. The zero-order valence-electron chi connectivity index (χ0n) is 11.3. The van der Waals surface area contributed by atoms with E-state index < -0.39 is 0 Å². The van der Waals surface area contributed by atoms with Crippen LogP contribution in [0.2, 0.25) is 0 Å². The highest BCUT2D eigenvalue weighted by atomic mass is 16.5. The van der Waals surface area contributed by atoms with Crippen LogP contribution in [0.1, 0.15) is 40.5 Å². The van der Waals surface area contributed by atoms with Crippen LogP contribution in [0.15, 0.2) is 0 Å². The standard InChI is InChI=1S/C13H28O3/c1-12(2)11-15-9-5-7-14-8-6-10-16-13(3)4/h12-13H,5-11H2,1-4H3. The number of hydrogen-bond donors (Lipinski definition) is 0.